The molecule has 2 aromatic carbocycles. The number of anilines is 1. The molecule has 0 unspecified atom stereocenters. The first kappa shape index (κ1) is 24.7. The summed E-state index contributed by atoms with van der Waals surface area (Å²) in [5, 5.41) is 6.64. The van der Waals surface area contributed by atoms with Crippen molar-refractivity contribution in [3.63, 3.8) is 0 Å². The molecule has 5 aromatic rings. The highest BCUT2D eigenvalue weighted by atomic mass is 35.5. The lowest BCUT2D eigenvalue weighted by molar-refractivity contribution is -0.115. The average Bonchev–Trinajstić information content (AvgIpc) is 3.53. The van der Waals surface area contributed by atoms with Gasteiger partial charge in [0.2, 0.25) is 11.8 Å². The lowest BCUT2D eigenvalue weighted by atomic mass is 10.1. The van der Waals surface area contributed by atoms with Crippen molar-refractivity contribution in [2.75, 3.05) is 5.32 Å². The molecule has 37 heavy (non-hydrogen) atoms. The largest absolute Gasteiger partial charge is 0.457 e. The molecular weight excluding hydrogens is 531 g/mol. The summed E-state index contributed by atoms with van der Waals surface area (Å²) in [6, 6.07) is 18.0. The van der Waals surface area contributed by atoms with E-state index in [9.17, 15) is 4.79 Å². The SMILES string of the molecule is Cc1ccc(-c2nc3ncccc3o2)cc1NC(=S)NC(=O)C=Cc1ccc(-c2cccc(Cl)c2Cl)o1. The standard InChI is InChI=1S/C27H18Cl2N4O3S/c1-15-7-8-16(26-33-25-22(36-26)6-3-13-30-25)14-20(15)31-27(37)32-23(34)12-10-17-9-11-21(35-17)18-4-2-5-19(28)24(18)29/h2-14H,1H3,(H2,31,32,34,37). The Balaban J connectivity index is 1.24. The second-order valence-corrected chi connectivity index (χ2v) is 9.15. The van der Waals surface area contributed by atoms with Crippen molar-refractivity contribution in [2.24, 2.45) is 0 Å². The van der Waals surface area contributed by atoms with Crippen molar-refractivity contribution < 1.29 is 13.6 Å². The van der Waals surface area contributed by atoms with Gasteiger partial charge in [0, 0.05) is 29.1 Å². The monoisotopic (exact) mass is 548 g/mol. The number of aromatic nitrogens is 2. The van der Waals surface area contributed by atoms with Crippen LogP contribution in [0, 0.1) is 6.92 Å². The maximum absolute atomic E-state index is 12.4. The van der Waals surface area contributed by atoms with E-state index in [0.29, 0.717) is 49.9 Å². The lowest BCUT2D eigenvalue weighted by Gasteiger charge is -2.11. The molecule has 0 radical (unpaired) electrons. The molecule has 0 saturated heterocycles. The van der Waals surface area contributed by atoms with Gasteiger partial charge in [-0.25, -0.2) is 4.98 Å². The van der Waals surface area contributed by atoms with Crippen LogP contribution >= 0.6 is 35.4 Å². The van der Waals surface area contributed by atoms with Crippen molar-refractivity contribution in [1.29, 1.82) is 0 Å². The maximum Gasteiger partial charge on any atom is 0.250 e. The molecule has 0 saturated carbocycles. The zero-order chi connectivity index (χ0) is 25.9. The number of hydrogen-bond acceptors (Lipinski definition) is 6. The van der Waals surface area contributed by atoms with Gasteiger partial charge < -0.3 is 14.2 Å². The van der Waals surface area contributed by atoms with Gasteiger partial charge in [0.15, 0.2) is 16.3 Å². The fourth-order valence-electron chi connectivity index (χ4n) is 3.53. The number of carbonyl (C=O) groups is 1. The van der Waals surface area contributed by atoms with Crippen LogP contribution in [0.15, 0.2) is 81.8 Å². The summed E-state index contributed by atoms with van der Waals surface area (Å²) in [7, 11) is 0. The van der Waals surface area contributed by atoms with Crippen LogP contribution in [0.2, 0.25) is 10.0 Å². The summed E-state index contributed by atoms with van der Waals surface area (Å²) in [6.45, 7) is 1.92. The van der Waals surface area contributed by atoms with E-state index in [-0.39, 0.29) is 5.11 Å². The van der Waals surface area contributed by atoms with Crippen LogP contribution in [0.1, 0.15) is 11.3 Å². The van der Waals surface area contributed by atoms with Crippen LogP contribution in [0.3, 0.4) is 0 Å². The highest BCUT2D eigenvalue weighted by molar-refractivity contribution is 7.80. The van der Waals surface area contributed by atoms with Crippen LogP contribution in [0.5, 0.6) is 0 Å². The third kappa shape index (κ3) is 5.56. The van der Waals surface area contributed by atoms with Crippen LogP contribution in [-0.4, -0.2) is 21.0 Å². The summed E-state index contributed by atoms with van der Waals surface area (Å²) in [5.74, 6) is 1.02. The minimum absolute atomic E-state index is 0.139. The van der Waals surface area contributed by atoms with Gasteiger partial charge in [-0.15, -0.1) is 0 Å². The number of amides is 1. The van der Waals surface area contributed by atoms with Crippen LogP contribution in [0.25, 0.3) is 40.1 Å². The van der Waals surface area contributed by atoms with Gasteiger partial charge in [-0.2, -0.15) is 4.98 Å². The Morgan fingerprint density at radius 1 is 1.05 bits per heavy atom. The van der Waals surface area contributed by atoms with E-state index >= 15 is 0 Å². The Labute approximate surface area is 227 Å². The first-order valence-corrected chi connectivity index (χ1v) is 12.2. The van der Waals surface area contributed by atoms with E-state index in [1.807, 2.05) is 25.1 Å². The van der Waals surface area contributed by atoms with Gasteiger partial charge in [-0.05, 0) is 79.3 Å². The summed E-state index contributed by atoms with van der Waals surface area (Å²) >= 11 is 17.7. The number of nitrogens with one attached hydrogen (secondary N) is 2. The molecule has 10 heteroatoms. The number of hydrogen-bond donors (Lipinski definition) is 2. The number of furan rings is 1. The molecule has 0 aliphatic carbocycles. The highest BCUT2D eigenvalue weighted by Gasteiger charge is 2.13. The van der Waals surface area contributed by atoms with Gasteiger partial charge in [0.05, 0.1) is 10.0 Å². The molecule has 3 aromatic heterocycles. The first-order chi connectivity index (χ1) is 17.9. The minimum Gasteiger partial charge on any atom is -0.457 e. The molecule has 7 nitrogen and oxygen atoms in total. The Bertz CT molecular complexity index is 1640. The molecule has 3 heterocycles. The third-order valence-electron chi connectivity index (χ3n) is 5.38. The molecule has 5 rings (SSSR count). The number of carbonyl (C=O) groups excluding carboxylic acids is 1. The smallest absolute Gasteiger partial charge is 0.250 e. The number of rotatable bonds is 5. The van der Waals surface area contributed by atoms with Gasteiger partial charge in [0.1, 0.15) is 11.5 Å². The number of pyridine rings is 1. The Morgan fingerprint density at radius 2 is 1.92 bits per heavy atom. The Morgan fingerprint density at radius 3 is 2.76 bits per heavy atom. The predicted octanol–water partition coefficient (Wildman–Crippen LogP) is 7.29. The van der Waals surface area contributed by atoms with Crippen molar-refractivity contribution in [2.45, 2.75) is 6.92 Å². The zero-order valence-corrected chi connectivity index (χ0v) is 21.6. The fraction of sp³-hybridized carbons (Fsp3) is 0.0370. The molecule has 0 aliphatic heterocycles. The Hall–Kier alpha value is -3.98. The van der Waals surface area contributed by atoms with Crippen molar-refractivity contribution in [3.8, 4) is 22.8 Å². The number of oxazole rings is 1. The van der Waals surface area contributed by atoms with Gasteiger partial charge in [-0.1, -0.05) is 35.3 Å². The molecule has 0 fully saturated rings. The summed E-state index contributed by atoms with van der Waals surface area (Å²) in [6.07, 6.45) is 4.52. The topological polar surface area (TPSA) is 93.2 Å². The quantitative estimate of drug-likeness (QED) is 0.176. The Kier molecular flexibility index (Phi) is 7.05. The van der Waals surface area contributed by atoms with Crippen molar-refractivity contribution >= 4 is 69.4 Å². The van der Waals surface area contributed by atoms with E-state index < -0.39 is 5.91 Å². The van der Waals surface area contributed by atoms with Crippen molar-refractivity contribution in [3.05, 3.63) is 94.3 Å². The molecule has 0 atom stereocenters. The minimum atomic E-state index is -0.421. The first-order valence-electron chi connectivity index (χ1n) is 11.0. The number of benzene rings is 2. The molecule has 0 aliphatic rings. The number of nitrogens with zero attached hydrogens (tertiary/aromatic N) is 2. The van der Waals surface area contributed by atoms with E-state index in [0.717, 1.165) is 11.1 Å². The molecule has 2 N–H and O–H groups in total. The fourth-order valence-corrected chi connectivity index (χ4v) is 4.13. The number of aryl methyl sites for hydroxylation is 1. The van der Waals surface area contributed by atoms with E-state index in [1.165, 1.54) is 12.2 Å². The molecule has 0 spiro atoms. The second kappa shape index (κ2) is 10.6. The van der Waals surface area contributed by atoms with Crippen LogP contribution in [-0.2, 0) is 4.79 Å². The van der Waals surface area contributed by atoms with Gasteiger partial charge >= 0.3 is 0 Å². The van der Waals surface area contributed by atoms with Crippen LogP contribution < -0.4 is 10.6 Å². The normalized spacial score (nSPS) is 11.2. The molecular formula is C27H18Cl2N4O3S. The van der Waals surface area contributed by atoms with E-state index in [1.54, 1.807) is 48.7 Å². The average molecular weight is 549 g/mol. The third-order valence-corrected chi connectivity index (χ3v) is 6.40. The van der Waals surface area contributed by atoms with Crippen LogP contribution in [0.4, 0.5) is 5.69 Å². The van der Waals surface area contributed by atoms with Crippen molar-refractivity contribution in [1.82, 2.24) is 15.3 Å². The molecule has 1 amide bonds. The number of halogens is 2. The highest BCUT2D eigenvalue weighted by Crippen LogP contribution is 2.34. The summed E-state index contributed by atoms with van der Waals surface area (Å²) in [5.41, 5.74) is 4.16. The van der Waals surface area contributed by atoms with Gasteiger partial charge in [-0.3, -0.25) is 10.1 Å². The predicted molar refractivity (Wildman–Crippen MR) is 150 cm³/mol. The maximum atomic E-state index is 12.4. The van der Waals surface area contributed by atoms with Gasteiger partial charge in [0.25, 0.3) is 0 Å². The van der Waals surface area contributed by atoms with E-state index in [4.69, 9.17) is 44.3 Å². The summed E-state index contributed by atoms with van der Waals surface area (Å²) in [4.78, 5) is 21.1. The summed E-state index contributed by atoms with van der Waals surface area (Å²) < 4.78 is 11.6. The zero-order valence-electron chi connectivity index (χ0n) is 19.3. The molecule has 184 valence electrons. The lowest BCUT2D eigenvalue weighted by Crippen LogP contribution is -2.33. The number of thiocarbonyl (C=S) groups is 1. The van der Waals surface area contributed by atoms with E-state index in [2.05, 4.69) is 20.6 Å². The molecule has 0 bridgehead atoms. The number of fused-ring (bicyclic) bond motifs is 1. The second-order valence-electron chi connectivity index (χ2n) is 7.95.